The molecule has 0 spiro atoms. The predicted molar refractivity (Wildman–Crippen MR) is 77.7 cm³/mol. The summed E-state index contributed by atoms with van der Waals surface area (Å²) in [6.45, 7) is 0. The van der Waals surface area contributed by atoms with Crippen molar-refractivity contribution in [3.63, 3.8) is 0 Å². The van der Waals surface area contributed by atoms with Crippen molar-refractivity contribution in [1.82, 2.24) is 4.98 Å². The normalized spacial score (nSPS) is 12.6. The number of para-hydroxylation sites is 2. The molecule has 0 atom stereocenters. The van der Waals surface area contributed by atoms with Crippen molar-refractivity contribution in [1.29, 1.82) is 0 Å². The number of hydrogen-bond donors (Lipinski definition) is 2. The van der Waals surface area contributed by atoms with Crippen LogP contribution in [0.3, 0.4) is 0 Å². The van der Waals surface area contributed by atoms with Crippen molar-refractivity contribution in [2.45, 2.75) is 0 Å². The molecule has 0 unspecified atom stereocenters. The molecule has 0 radical (unpaired) electrons. The number of ketones is 1. The second-order valence-electron chi connectivity index (χ2n) is 4.39. The van der Waals surface area contributed by atoms with E-state index >= 15 is 0 Å². The highest BCUT2D eigenvalue weighted by atomic mass is 16.2. The number of aromatic nitrogens is 1. The average molecular weight is 264 g/mol. The lowest BCUT2D eigenvalue weighted by Crippen LogP contribution is -2.12. The Hall–Kier alpha value is -2.88. The highest BCUT2D eigenvalue weighted by molar-refractivity contribution is 6.51. The number of nitrogens with one attached hydrogen (secondary N) is 2. The molecule has 2 N–H and O–H groups in total. The SMILES string of the molecule is O=C1Nc2ccccc2C1=O.c1ccc2[nH]ccc2c1. The molecule has 20 heavy (non-hydrogen) atoms. The van der Waals surface area contributed by atoms with Crippen molar-refractivity contribution in [3.05, 3.63) is 66.4 Å². The van der Waals surface area contributed by atoms with E-state index in [0.717, 1.165) is 0 Å². The van der Waals surface area contributed by atoms with Crippen LogP contribution in [-0.2, 0) is 4.79 Å². The minimum Gasteiger partial charge on any atom is -0.361 e. The van der Waals surface area contributed by atoms with Crippen LogP contribution in [0.15, 0.2) is 60.8 Å². The smallest absolute Gasteiger partial charge is 0.296 e. The molecule has 98 valence electrons. The van der Waals surface area contributed by atoms with Gasteiger partial charge in [0.05, 0.1) is 11.3 Å². The zero-order valence-electron chi connectivity index (χ0n) is 10.6. The molecule has 0 aliphatic carbocycles. The van der Waals surface area contributed by atoms with E-state index in [9.17, 15) is 9.59 Å². The number of aromatic amines is 1. The Morgan fingerprint density at radius 2 is 1.55 bits per heavy atom. The molecule has 2 heterocycles. The summed E-state index contributed by atoms with van der Waals surface area (Å²) in [5, 5.41) is 3.73. The van der Waals surface area contributed by atoms with Gasteiger partial charge in [0.25, 0.3) is 11.7 Å². The van der Waals surface area contributed by atoms with Gasteiger partial charge in [-0.3, -0.25) is 9.59 Å². The Bertz CT molecular complexity index is 760. The van der Waals surface area contributed by atoms with E-state index in [1.54, 1.807) is 24.3 Å². The van der Waals surface area contributed by atoms with Crippen LogP contribution in [0.2, 0.25) is 0 Å². The number of amides is 1. The van der Waals surface area contributed by atoms with Crippen LogP contribution in [0, 0.1) is 0 Å². The van der Waals surface area contributed by atoms with Gasteiger partial charge in [-0.2, -0.15) is 0 Å². The number of carbonyl (C=O) groups excluding carboxylic acids is 2. The van der Waals surface area contributed by atoms with Crippen LogP contribution in [0.4, 0.5) is 5.69 Å². The summed E-state index contributed by atoms with van der Waals surface area (Å²) in [7, 11) is 0. The largest absolute Gasteiger partial charge is 0.361 e. The van der Waals surface area contributed by atoms with Gasteiger partial charge in [0, 0.05) is 11.7 Å². The highest BCUT2D eigenvalue weighted by Crippen LogP contribution is 2.21. The van der Waals surface area contributed by atoms with Gasteiger partial charge in [-0.15, -0.1) is 0 Å². The molecule has 0 bridgehead atoms. The number of H-pyrrole nitrogens is 1. The van der Waals surface area contributed by atoms with E-state index in [1.165, 1.54) is 10.9 Å². The first-order chi connectivity index (χ1) is 9.75. The third kappa shape index (κ3) is 2.19. The van der Waals surface area contributed by atoms with E-state index in [1.807, 2.05) is 18.3 Å². The van der Waals surface area contributed by atoms with Crippen LogP contribution >= 0.6 is 0 Å². The first-order valence-corrected chi connectivity index (χ1v) is 6.22. The maximum atomic E-state index is 11.0. The van der Waals surface area contributed by atoms with Crippen molar-refractivity contribution in [2.24, 2.45) is 0 Å². The number of rotatable bonds is 0. The van der Waals surface area contributed by atoms with Crippen LogP contribution < -0.4 is 5.32 Å². The molecule has 0 saturated heterocycles. The van der Waals surface area contributed by atoms with Crippen molar-refractivity contribution < 1.29 is 9.59 Å². The zero-order chi connectivity index (χ0) is 13.9. The van der Waals surface area contributed by atoms with Crippen molar-refractivity contribution in [2.75, 3.05) is 5.32 Å². The monoisotopic (exact) mass is 264 g/mol. The van der Waals surface area contributed by atoms with Gasteiger partial charge in [-0.05, 0) is 29.7 Å². The number of fused-ring (bicyclic) bond motifs is 2. The molecule has 1 aliphatic rings. The van der Waals surface area contributed by atoms with Crippen LogP contribution in [-0.4, -0.2) is 16.7 Å². The van der Waals surface area contributed by atoms with Gasteiger partial charge in [-0.25, -0.2) is 0 Å². The first kappa shape index (κ1) is 12.2. The fourth-order valence-corrected chi connectivity index (χ4v) is 2.09. The number of carbonyl (C=O) groups is 2. The topological polar surface area (TPSA) is 62.0 Å². The van der Waals surface area contributed by atoms with Crippen molar-refractivity contribution >= 4 is 28.3 Å². The molecule has 2 aromatic carbocycles. The lowest BCUT2D eigenvalue weighted by atomic mass is 10.1. The van der Waals surface area contributed by atoms with E-state index < -0.39 is 11.7 Å². The molecule has 1 aromatic heterocycles. The molecule has 0 saturated carbocycles. The third-order valence-corrected chi connectivity index (χ3v) is 3.09. The fourth-order valence-electron chi connectivity index (χ4n) is 2.09. The Morgan fingerprint density at radius 3 is 2.35 bits per heavy atom. The highest BCUT2D eigenvalue weighted by Gasteiger charge is 2.26. The second kappa shape index (κ2) is 5.01. The van der Waals surface area contributed by atoms with Gasteiger partial charge in [0.1, 0.15) is 0 Å². The minimum atomic E-state index is -0.536. The molecular weight excluding hydrogens is 252 g/mol. The van der Waals surface area contributed by atoms with E-state index in [0.29, 0.717) is 11.3 Å². The minimum absolute atomic E-state index is 0.444. The summed E-state index contributed by atoms with van der Waals surface area (Å²) < 4.78 is 0. The van der Waals surface area contributed by atoms with E-state index in [4.69, 9.17) is 0 Å². The maximum absolute atomic E-state index is 11.0. The lowest BCUT2D eigenvalue weighted by Gasteiger charge is -1.91. The summed E-state index contributed by atoms with van der Waals surface area (Å²) in [5.74, 6) is -0.980. The molecule has 4 nitrogen and oxygen atoms in total. The average Bonchev–Trinajstić information content (AvgIpc) is 3.06. The number of Topliss-reactive ketones (excluding diaryl/α,β-unsaturated/α-hetero) is 1. The van der Waals surface area contributed by atoms with Crippen LogP contribution in [0.1, 0.15) is 10.4 Å². The summed E-state index contributed by atoms with van der Waals surface area (Å²) >= 11 is 0. The molecular formula is C16H12N2O2. The van der Waals surface area contributed by atoms with Gasteiger partial charge >= 0.3 is 0 Å². The van der Waals surface area contributed by atoms with Crippen molar-refractivity contribution in [3.8, 4) is 0 Å². The summed E-state index contributed by atoms with van der Waals surface area (Å²) in [4.78, 5) is 24.9. The lowest BCUT2D eigenvalue weighted by molar-refractivity contribution is -0.112. The summed E-state index contributed by atoms with van der Waals surface area (Å²) in [5.41, 5.74) is 2.29. The number of anilines is 1. The molecule has 1 amide bonds. The molecule has 0 fully saturated rings. The van der Waals surface area contributed by atoms with Gasteiger partial charge in [-0.1, -0.05) is 30.3 Å². The Balaban J connectivity index is 0.000000123. The Kier molecular flexibility index (Phi) is 3.05. The van der Waals surface area contributed by atoms with Gasteiger partial charge < -0.3 is 10.3 Å². The van der Waals surface area contributed by atoms with Gasteiger partial charge in [0.2, 0.25) is 0 Å². The summed E-state index contributed by atoms with van der Waals surface area (Å²) in [6, 6.07) is 17.1. The zero-order valence-corrected chi connectivity index (χ0v) is 10.6. The number of hydrogen-bond acceptors (Lipinski definition) is 2. The summed E-state index contributed by atoms with van der Waals surface area (Å²) in [6.07, 6.45) is 1.95. The maximum Gasteiger partial charge on any atom is 0.296 e. The molecule has 1 aliphatic heterocycles. The molecule has 4 rings (SSSR count). The molecule has 4 heteroatoms. The standard InChI is InChI=1S/C8H5NO2.C8H7N/c10-7-5-3-1-2-4-6(5)9-8(7)11;1-2-4-8-7(3-1)5-6-9-8/h1-4H,(H,9,10,11);1-6,9H. The fraction of sp³-hybridized carbons (Fsp3) is 0. The van der Waals surface area contributed by atoms with Crippen LogP contribution in [0.25, 0.3) is 10.9 Å². The van der Waals surface area contributed by atoms with E-state index in [2.05, 4.69) is 28.5 Å². The van der Waals surface area contributed by atoms with Crippen LogP contribution in [0.5, 0.6) is 0 Å². The Labute approximate surface area is 115 Å². The first-order valence-electron chi connectivity index (χ1n) is 6.22. The predicted octanol–water partition coefficient (Wildman–Crippen LogP) is 2.99. The molecule has 3 aromatic rings. The van der Waals surface area contributed by atoms with Gasteiger partial charge in [0.15, 0.2) is 0 Å². The second-order valence-corrected chi connectivity index (χ2v) is 4.39. The quantitative estimate of drug-likeness (QED) is 0.613. The number of benzene rings is 2. The Morgan fingerprint density at radius 1 is 0.800 bits per heavy atom. The van der Waals surface area contributed by atoms with E-state index in [-0.39, 0.29) is 0 Å². The third-order valence-electron chi connectivity index (χ3n) is 3.09.